The van der Waals surface area contributed by atoms with Crippen molar-refractivity contribution < 1.29 is 14.3 Å². The lowest BCUT2D eigenvalue weighted by Gasteiger charge is -2.19. The number of anilines is 1. The van der Waals surface area contributed by atoms with Gasteiger partial charge in [-0.3, -0.25) is 4.79 Å². The van der Waals surface area contributed by atoms with Crippen molar-refractivity contribution in [3.8, 4) is 5.75 Å². The number of urea groups is 1. The highest BCUT2D eigenvalue weighted by atomic mass is 16.5. The smallest absolute Gasteiger partial charge is 0.321 e. The number of hydrogen-bond acceptors (Lipinski definition) is 3. The van der Waals surface area contributed by atoms with Crippen molar-refractivity contribution in [3.63, 3.8) is 0 Å². The van der Waals surface area contributed by atoms with Crippen molar-refractivity contribution in [1.82, 2.24) is 4.90 Å². The van der Waals surface area contributed by atoms with E-state index < -0.39 is 5.91 Å². The number of nitrogens with zero attached hydrogens (tertiary/aromatic N) is 1. The fourth-order valence-electron chi connectivity index (χ4n) is 2.04. The van der Waals surface area contributed by atoms with Crippen LogP contribution in [0.1, 0.15) is 15.9 Å². The third kappa shape index (κ3) is 4.74. The van der Waals surface area contributed by atoms with E-state index in [1.54, 1.807) is 25.2 Å². The number of nitrogens with two attached hydrogens (primary N) is 1. The molecule has 0 radical (unpaired) electrons. The second kappa shape index (κ2) is 8.01. The van der Waals surface area contributed by atoms with Gasteiger partial charge in [0.2, 0.25) is 5.91 Å². The summed E-state index contributed by atoms with van der Waals surface area (Å²) in [6.07, 6.45) is 0. The molecule has 2 aromatic rings. The first-order valence-corrected chi connectivity index (χ1v) is 7.58. The Morgan fingerprint density at radius 2 is 1.88 bits per heavy atom. The summed E-state index contributed by atoms with van der Waals surface area (Å²) in [5.41, 5.74) is 7.03. The molecule has 0 atom stereocenters. The summed E-state index contributed by atoms with van der Waals surface area (Å²) >= 11 is 0. The molecule has 24 heavy (non-hydrogen) atoms. The summed E-state index contributed by atoms with van der Waals surface area (Å²) in [6.45, 7) is 2.66. The molecule has 2 rings (SSSR count). The van der Waals surface area contributed by atoms with Crippen LogP contribution in [0.2, 0.25) is 0 Å². The van der Waals surface area contributed by atoms with Gasteiger partial charge in [-0.15, -0.1) is 0 Å². The summed E-state index contributed by atoms with van der Waals surface area (Å²) in [4.78, 5) is 25.0. The van der Waals surface area contributed by atoms with Crippen LogP contribution in [0.5, 0.6) is 5.75 Å². The first kappa shape index (κ1) is 17.3. The van der Waals surface area contributed by atoms with Crippen LogP contribution >= 0.6 is 0 Å². The lowest BCUT2D eigenvalue weighted by Crippen LogP contribution is -2.34. The number of nitrogens with one attached hydrogen (secondary N) is 1. The number of amides is 3. The van der Waals surface area contributed by atoms with Crippen LogP contribution in [0.4, 0.5) is 10.5 Å². The van der Waals surface area contributed by atoms with E-state index in [1.165, 1.54) is 4.90 Å². The molecule has 0 fully saturated rings. The summed E-state index contributed by atoms with van der Waals surface area (Å²) in [5.74, 6) is 0.228. The molecule has 0 spiro atoms. The average molecular weight is 327 g/mol. The third-order valence-electron chi connectivity index (χ3n) is 3.55. The number of hydrogen-bond donors (Lipinski definition) is 2. The monoisotopic (exact) mass is 327 g/mol. The summed E-state index contributed by atoms with van der Waals surface area (Å²) < 4.78 is 5.57. The van der Waals surface area contributed by atoms with E-state index in [0.29, 0.717) is 24.4 Å². The van der Waals surface area contributed by atoms with Crippen molar-refractivity contribution in [2.24, 2.45) is 5.73 Å². The molecule has 0 unspecified atom stereocenters. The first-order chi connectivity index (χ1) is 11.5. The van der Waals surface area contributed by atoms with Crippen LogP contribution in [0.25, 0.3) is 0 Å². The molecule has 0 heterocycles. The zero-order chi connectivity index (χ0) is 17.5. The Bertz CT molecular complexity index is 717. The maximum absolute atomic E-state index is 12.2. The number of carbonyl (C=O) groups excluding carboxylic acids is 2. The fraction of sp³-hybridized carbons (Fsp3) is 0.222. The van der Waals surface area contributed by atoms with Crippen LogP contribution in [0.3, 0.4) is 0 Å². The van der Waals surface area contributed by atoms with Gasteiger partial charge in [0.05, 0.1) is 6.54 Å². The molecule has 2 aromatic carbocycles. The third-order valence-corrected chi connectivity index (χ3v) is 3.55. The second-order valence-electron chi connectivity index (χ2n) is 5.41. The predicted octanol–water partition coefficient (Wildman–Crippen LogP) is 2.64. The number of likely N-dealkylation sites (N-methyl/N-ethyl adjacent to an activating group) is 1. The molecule has 0 saturated carbocycles. The highest BCUT2D eigenvalue weighted by Crippen LogP contribution is 2.17. The number of aryl methyl sites for hydroxylation is 1. The number of primary amides is 1. The predicted molar refractivity (Wildman–Crippen MR) is 93.3 cm³/mol. The Labute approximate surface area is 141 Å². The van der Waals surface area contributed by atoms with Gasteiger partial charge in [-0.05, 0) is 36.8 Å². The van der Waals surface area contributed by atoms with Gasteiger partial charge in [0.15, 0.2) is 0 Å². The van der Waals surface area contributed by atoms with Crippen molar-refractivity contribution >= 4 is 17.6 Å². The normalized spacial score (nSPS) is 10.1. The number of para-hydroxylation sites is 1. The SMILES string of the molecule is Cc1ccc(C(N)=O)cc1NC(=O)N(C)CCOc1ccccc1. The molecular formula is C18H21N3O3. The zero-order valence-corrected chi connectivity index (χ0v) is 13.8. The highest BCUT2D eigenvalue weighted by Gasteiger charge is 2.12. The molecule has 0 aliphatic heterocycles. The summed E-state index contributed by atoms with van der Waals surface area (Å²) in [5, 5.41) is 2.78. The Morgan fingerprint density at radius 3 is 2.54 bits per heavy atom. The lowest BCUT2D eigenvalue weighted by atomic mass is 10.1. The molecule has 0 saturated heterocycles. The van der Waals surface area contributed by atoms with Gasteiger partial charge < -0.3 is 20.7 Å². The van der Waals surface area contributed by atoms with E-state index in [-0.39, 0.29) is 6.03 Å². The average Bonchev–Trinajstić information content (AvgIpc) is 2.57. The fourth-order valence-corrected chi connectivity index (χ4v) is 2.04. The van der Waals surface area contributed by atoms with Gasteiger partial charge in [0, 0.05) is 18.3 Å². The second-order valence-corrected chi connectivity index (χ2v) is 5.41. The largest absolute Gasteiger partial charge is 0.492 e. The number of carbonyl (C=O) groups is 2. The van der Waals surface area contributed by atoms with Crippen LogP contribution in [-0.2, 0) is 0 Å². The summed E-state index contributed by atoms with van der Waals surface area (Å²) in [6, 6.07) is 14.1. The van der Waals surface area contributed by atoms with Crippen LogP contribution < -0.4 is 15.8 Å². The number of benzene rings is 2. The zero-order valence-electron chi connectivity index (χ0n) is 13.8. The Kier molecular flexibility index (Phi) is 5.78. The van der Waals surface area contributed by atoms with E-state index in [1.807, 2.05) is 37.3 Å². The standard InChI is InChI=1S/C18H21N3O3/c1-13-8-9-14(17(19)22)12-16(13)20-18(23)21(2)10-11-24-15-6-4-3-5-7-15/h3-9,12H,10-11H2,1-2H3,(H2,19,22)(H,20,23). The summed E-state index contributed by atoms with van der Waals surface area (Å²) in [7, 11) is 1.68. The lowest BCUT2D eigenvalue weighted by molar-refractivity contribution is 0.1000. The quantitative estimate of drug-likeness (QED) is 0.855. The van der Waals surface area contributed by atoms with Gasteiger partial charge in [-0.1, -0.05) is 24.3 Å². The first-order valence-electron chi connectivity index (χ1n) is 7.58. The van der Waals surface area contributed by atoms with Gasteiger partial charge in [0.25, 0.3) is 0 Å². The van der Waals surface area contributed by atoms with Crippen LogP contribution in [0.15, 0.2) is 48.5 Å². The van der Waals surface area contributed by atoms with Crippen molar-refractivity contribution in [3.05, 3.63) is 59.7 Å². The number of rotatable bonds is 6. The molecule has 6 nitrogen and oxygen atoms in total. The Morgan fingerprint density at radius 1 is 1.17 bits per heavy atom. The Hall–Kier alpha value is -3.02. The molecule has 3 N–H and O–H groups in total. The maximum atomic E-state index is 12.2. The maximum Gasteiger partial charge on any atom is 0.321 e. The van der Waals surface area contributed by atoms with E-state index in [2.05, 4.69) is 5.32 Å². The van der Waals surface area contributed by atoms with Crippen molar-refractivity contribution in [1.29, 1.82) is 0 Å². The highest BCUT2D eigenvalue weighted by molar-refractivity contribution is 5.96. The minimum absolute atomic E-state index is 0.281. The van der Waals surface area contributed by atoms with Gasteiger partial charge >= 0.3 is 6.03 Å². The van der Waals surface area contributed by atoms with Crippen molar-refractivity contribution in [2.75, 3.05) is 25.5 Å². The van der Waals surface area contributed by atoms with Crippen molar-refractivity contribution in [2.45, 2.75) is 6.92 Å². The van der Waals surface area contributed by atoms with Crippen LogP contribution in [-0.4, -0.2) is 37.0 Å². The van der Waals surface area contributed by atoms with Gasteiger partial charge in [-0.2, -0.15) is 0 Å². The Balaban J connectivity index is 1.89. The molecule has 0 bridgehead atoms. The molecule has 6 heteroatoms. The molecule has 0 aliphatic carbocycles. The van der Waals surface area contributed by atoms with E-state index in [9.17, 15) is 9.59 Å². The van der Waals surface area contributed by atoms with E-state index in [0.717, 1.165) is 11.3 Å². The molecule has 3 amide bonds. The minimum Gasteiger partial charge on any atom is -0.492 e. The molecule has 0 aliphatic rings. The topological polar surface area (TPSA) is 84.7 Å². The van der Waals surface area contributed by atoms with E-state index >= 15 is 0 Å². The molecular weight excluding hydrogens is 306 g/mol. The van der Waals surface area contributed by atoms with E-state index in [4.69, 9.17) is 10.5 Å². The van der Waals surface area contributed by atoms with Gasteiger partial charge in [0.1, 0.15) is 12.4 Å². The number of ether oxygens (including phenoxy) is 1. The molecule has 126 valence electrons. The molecule has 0 aromatic heterocycles. The minimum atomic E-state index is -0.532. The van der Waals surface area contributed by atoms with Crippen LogP contribution in [0, 0.1) is 6.92 Å². The van der Waals surface area contributed by atoms with Gasteiger partial charge in [-0.25, -0.2) is 4.79 Å².